The average molecular weight is 807 g/mol. The molecule has 1 fully saturated rings. The molecule has 15 heteroatoms. The van der Waals surface area contributed by atoms with Crippen LogP contribution in [-0.2, 0) is 19.0 Å². The van der Waals surface area contributed by atoms with Crippen molar-refractivity contribution in [2.24, 2.45) is 35.5 Å². The lowest BCUT2D eigenvalue weighted by atomic mass is 9.82. The van der Waals surface area contributed by atoms with Crippen LogP contribution < -0.4 is 0 Å². The zero-order chi connectivity index (χ0) is 43.2. The number of carbonyl (C=O) groups excluding carboxylic acids is 1. The number of hydrogen-bond donors (Lipinski definition) is 11. The standard InChI is InChI=1S/C41H74O15/c1-11-20(2)12-21(3)13-26(8)38(56-41-37(52)36(51)35(50)31(19-44)54-41)27(9)15-24(6)32(47)22(4)14-23(5)33(48)25(7)16-28(10)40(53)55-39(30(46)18-43)34(49)29(45)17-42/h14-16,20-22,25-27,29-39,41-52H,11-13,17-19H2,1-10H3. The zero-order valence-corrected chi connectivity index (χ0v) is 34.9. The molecule has 328 valence electrons. The smallest absolute Gasteiger partial charge is 0.333 e. The number of esters is 1. The van der Waals surface area contributed by atoms with Gasteiger partial charge in [-0.2, -0.15) is 0 Å². The van der Waals surface area contributed by atoms with Crippen molar-refractivity contribution in [2.45, 2.75) is 162 Å². The van der Waals surface area contributed by atoms with Gasteiger partial charge >= 0.3 is 5.97 Å². The second-order valence-electron chi connectivity index (χ2n) is 16.4. The largest absolute Gasteiger partial charge is 0.453 e. The number of hydrogen-bond acceptors (Lipinski definition) is 15. The number of carbonyl (C=O) groups is 1. The molecule has 0 aromatic carbocycles. The first-order valence-corrected chi connectivity index (χ1v) is 19.9. The van der Waals surface area contributed by atoms with Gasteiger partial charge in [-0.1, -0.05) is 73.1 Å². The van der Waals surface area contributed by atoms with E-state index in [2.05, 4.69) is 20.8 Å². The Morgan fingerprint density at radius 1 is 0.679 bits per heavy atom. The number of rotatable bonds is 24. The van der Waals surface area contributed by atoms with E-state index in [1.54, 1.807) is 33.8 Å². The molecule has 1 saturated heterocycles. The minimum absolute atomic E-state index is 0.00927. The monoisotopic (exact) mass is 807 g/mol. The minimum Gasteiger partial charge on any atom is -0.453 e. The van der Waals surface area contributed by atoms with Gasteiger partial charge in [-0.05, 0) is 62.5 Å². The second kappa shape index (κ2) is 24.9. The van der Waals surface area contributed by atoms with E-state index in [1.807, 2.05) is 19.9 Å². The quantitative estimate of drug-likeness (QED) is 0.0365. The van der Waals surface area contributed by atoms with Crippen LogP contribution in [-0.4, -0.2) is 155 Å². The average Bonchev–Trinajstić information content (AvgIpc) is 3.16. The first kappa shape index (κ1) is 52.2. The van der Waals surface area contributed by atoms with Crippen molar-refractivity contribution < 1.29 is 75.2 Å². The molecule has 0 aromatic rings. The van der Waals surface area contributed by atoms with Gasteiger partial charge in [-0.25, -0.2) is 4.79 Å². The summed E-state index contributed by atoms with van der Waals surface area (Å²) in [4.78, 5) is 12.8. The molecule has 0 aliphatic carbocycles. The molecule has 11 N–H and O–H groups in total. The number of ether oxygens (including phenoxy) is 3. The Balaban J connectivity index is 3.22. The maximum atomic E-state index is 12.8. The van der Waals surface area contributed by atoms with E-state index in [4.69, 9.17) is 19.3 Å². The first-order chi connectivity index (χ1) is 26.1. The van der Waals surface area contributed by atoms with Gasteiger partial charge < -0.3 is 70.4 Å². The molecular formula is C41H74O15. The van der Waals surface area contributed by atoms with Gasteiger partial charge in [0.2, 0.25) is 0 Å². The summed E-state index contributed by atoms with van der Waals surface area (Å²) in [6, 6.07) is 0. The lowest BCUT2D eigenvalue weighted by Crippen LogP contribution is -2.60. The Kier molecular flexibility index (Phi) is 23.2. The molecule has 0 bridgehead atoms. The Hall–Kier alpha value is -1.83. The van der Waals surface area contributed by atoms with Crippen molar-refractivity contribution >= 4 is 5.97 Å². The van der Waals surface area contributed by atoms with Gasteiger partial charge in [0.15, 0.2) is 12.4 Å². The molecule has 18 atom stereocenters. The molecular weight excluding hydrogens is 732 g/mol. The molecule has 1 rings (SSSR count). The van der Waals surface area contributed by atoms with Crippen molar-refractivity contribution in [1.82, 2.24) is 0 Å². The maximum absolute atomic E-state index is 12.8. The van der Waals surface area contributed by atoms with E-state index in [9.17, 15) is 55.9 Å². The third-order valence-electron chi connectivity index (χ3n) is 11.0. The predicted octanol–water partition coefficient (Wildman–Crippen LogP) is 0.718. The summed E-state index contributed by atoms with van der Waals surface area (Å²) in [7, 11) is 0. The Labute approximate surface area is 333 Å². The van der Waals surface area contributed by atoms with Crippen LogP contribution in [0.5, 0.6) is 0 Å². The Morgan fingerprint density at radius 3 is 1.70 bits per heavy atom. The summed E-state index contributed by atoms with van der Waals surface area (Å²) in [6.07, 6.45) is -8.98. The summed E-state index contributed by atoms with van der Waals surface area (Å²) >= 11 is 0. The minimum atomic E-state index is -1.88. The van der Waals surface area contributed by atoms with Crippen molar-refractivity contribution in [3.8, 4) is 0 Å². The van der Waals surface area contributed by atoms with Gasteiger partial charge in [-0.15, -0.1) is 0 Å². The molecule has 1 heterocycles. The fourth-order valence-electron chi connectivity index (χ4n) is 7.45. The SMILES string of the molecule is CCC(C)CC(C)CC(C)C(OC1OC(CO)C(O)C(O)C1O)C(C)C=C(C)C(O)C(C)C=C(C)C(O)C(C)C=C(C)C(=O)OC(C(O)CO)C(O)C(O)CO. The van der Waals surface area contributed by atoms with Crippen LogP contribution in [0, 0.1) is 35.5 Å². The van der Waals surface area contributed by atoms with Gasteiger partial charge in [0.25, 0.3) is 0 Å². The van der Waals surface area contributed by atoms with Crippen molar-refractivity contribution in [1.29, 1.82) is 0 Å². The molecule has 1 aliphatic heterocycles. The fourth-order valence-corrected chi connectivity index (χ4v) is 7.45. The van der Waals surface area contributed by atoms with E-state index < -0.39 is 111 Å². The summed E-state index contributed by atoms with van der Waals surface area (Å²) in [5.74, 6) is -1.61. The number of aliphatic hydroxyl groups excluding tert-OH is 11. The molecule has 18 unspecified atom stereocenters. The summed E-state index contributed by atoms with van der Waals surface area (Å²) in [5.41, 5.74) is 1.13. The van der Waals surface area contributed by atoms with Crippen LogP contribution in [0.2, 0.25) is 0 Å². The van der Waals surface area contributed by atoms with E-state index >= 15 is 0 Å². The van der Waals surface area contributed by atoms with E-state index in [1.165, 1.54) is 13.0 Å². The van der Waals surface area contributed by atoms with Gasteiger partial charge in [-0.3, -0.25) is 0 Å². The molecule has 0 aromatic heterocycles. The first-order valence-electron chi connectivity index (χ1n) is 19.9. The van der Waals surface area contributed by atoms with E-state index in [0.717, 1.165) is 19.3 Å². The van der Waals surface area contributed by atoms with Crippen LogP contribution in [0.1, 0.15) is 88.5 Å². The second-order valence-corrected chi connectivity index (χ2v) is 16.4. The summed E-state index contributed by atoms with van der Waals surface area (Å²) < 4.78 is 17.2. The molecule has 15 nitrogen and oxygen atoms in total. The normalized spacial score (nSPS) is 28.5. The molecule has 0 saturated carbocycles. The third kappa shape index (κ3) is 15.4. The highest BCUT2D eigenvalue weighted by Gasteiger charge is 2.46. The van der Waals surface area contributed by atoms with Crippen LogP contribution >= 0.6 is 0 Å². The Bertz CT molecular complexity index is 1240. The van der Waals surface area contributed by atoms with Crippen LogP contribution in [0.4, 0.5) is 0 Å². The predicted molar refractivity (Wildman–Crippen MR) is 209 cm³/mol. The lowest BCUT2D eigenvalue weighted by molar-refractivity contribution is -0.317. The molecule has 0 radical (unpaired) electrons. The van der Waals surface area contributed by atoms with Gasteiger partial charge in [0.05, 0.1) is 38.1 Å². The maximum Gasteiger partial charge on any atom is 0.333 e. The molecule has 56 heavy (non-hydrogen) atoms. The summed E-state index contributed by atoms with van der Waals surface area (Å²) in [6.45, 7) is 16.4. The van der Waals surface area contributed by atoms with Crippen molar-refractivity contribution in [3.05, 3.63) is 34.9 Å². The van der Waals surface area contributed by atoms with E-state index in [0.29, 0.717) is 23.0 Å². The fraction of sp³-hybridized carbons (Fsp3) is 0.829. The van der Waals surface area contributed by atoms with Gasteiger partial charge in [0.1, 0.15) is 42.7 Å². The van der Waals surface area contributed by atoms with Gasteiger partial charge in [0, 0.05) is 23.3 Å². The molecule has 0 amide bonds. The highest BCUT2D eigenvalue weighted by atomic mass is 16.7. The summed E-state index contributed by atoms with van der Waals surface area (Å²) in [5, 5.41) is 112. The van der Waals surface area contributed by atoms with Crippen LogP contribution in [0.3, 0.4) is 0 Å². The highest BCUT2D eigenvalue weighted by Crippen LogP contribution is 2.33. The number of aliphatic hydroxyl groups is 11. The van der Waals surface area contributed by atoms with Crippen molar-refractivity contribution in [3.63, 3.8) is 0 Å². The van der Waals surface area contributed by atoms with Crippen LogP contribution in [0.15, 0.2) is 34.9 Å². The lowest BCUT2D eigenvalue weighted by Gasteiger charge is -2.42. The third-order valence-corrected chi connectivity index (χ3v) is 11.0. The van der Waals surface area contributed by atoms with E-state index in [-0.39, 0.29) is 17.4 Å². The topological polar surface area (TPSA) is 267 Å². The Morgan fingerprint density at radius 2 is 1.20 bits per heavy atom. The zero-order valence-electron chi connectivity index (χ0n) is 34.9. The molecule has 0 spiro atoms. The van der Waals surface area contributed by atoms with Crippen molar-refractivity contribution in [2.75, 3.05) is 19.8 Å². The molecule has 1 aliphatic rings. The van der Waals surface area contributed by atoms with Crippen LogP contribution in [0.25, 0.3) is 0 Å². The highest BCUT2D eigenvalue weighted by molar-refractivity contribution is 5.88.